The summed E-state index contributed by atoms with van der Waals surface area (Å²) in [5, 5.41) is 0. The molecule has 3 nitrogen and oxygen atoms in total. The fourth-order valence-corrected chi connectivity index (χ4v) is 1.57. The van der Waals surface area contributed by atoms with Crippen LogP contribution in [0.4, 0.5) is 0 Å². The van der Waals surface area contributed by atoms with Crippen LogP contribution in [0.3, 0.4) is 0 Å². The highest BCUT2D eigenvalue weighted by atomic mass is 14.9. The molecule has 0 bridgehead atoms. The van der Waals surface area contributed by atoms with Crippen LogP contribution in [-0.2, 0) is 6.54 Å². The van der Waals surface area contributed by atoms with Crippen molar-refractivity contribution in [3.63, 3.8) is 0 Å². The highest BCUT2D eigenvalue weighted by molar-refractivity contribution is 5.17. The van der Waals surface area contributed by atoms with Crippen LogP contribution < -0.4 is 5.73 Å². The molecule has 1 fully saturated rings. The van der Waals surface area contributed by atoms with Gasteiger partial charge in [0, 0.05) is 29.9 Å². The van der Waals surface area contributed by atoms with Crippen LogP contribution >= 0.6 is 0 Å². The van der Waals surface area contributed by atoms with E-state index < -0.39 is 0 Å². The van der Waals surface area contributed by atoms with Gasteiger partial charge in [-0.05, 0) is 19.8 Å². The van der Waals surface area contributed by atoms with Gasteiger partial charge in [0.05, 0.1) is 0 Å². The molecule has 1 aromatic rings. The average molecular weight is 177 g/mol. The molecular weight excluding hydrogens is 162 g/mol. The third-order valence-corrected chi connectivity index (χ3v) is 2.79. The molecule has 1 aliphatic rings. The number of hydrogen-bond acceptors (Lipinski definition) is 3. The lowest BCUT2D eigenvalue weighted by atomic mass is 9.85. The summed E-state index contributed by atoms with van der Waals surface area (Å²) in [4.78, 5) is 8.82. The van der Waals surface area contributed by atoms with Gasteiger partial charge >= 0.3 is 0 Å². The van der Waals surface area contributed by atoms with Crippen molar-refractivity contribution in [2.24, 2.45) is 5.73 Å². The number of hydrogen-bond donors (Lipinski definition) is 1. The van der Waals surface area contributed by atoms with Gasteiger partial charge in [-0.15, -0.1) is 0 Å². The summed E-state index contributed by atoms with van der Waals surface area (Å²) in [6.45, 7) is 2.54. The summed E-state index contributed by atoms with van der Waals surface area (Å²) in [5.74, 6) is 1.63. The lowest BCUT2D eigenvalue weighted by Gasteiger charge is -2.24. The van der Waals surface area contributed by atoms with Gasteiger partial charge in [0.15, 0.2) is 0 Å². The van der Waals surface area contributed by atoms with Crippen molar-refractivity contribution in [2.75, 3.05) is 0 Å². The summed E-state index contributed by atoms with van der Waals surface area (Å²) in [5.41, 5.74) is 7.64. The van der Waals surface area contributed by atoms with Crippen molar-refractivity contribution in [1.82, 2.24) is 9.97 Å². The fourth-order valence-electron chi connectivity index (χ4n) is 1.57. The quantitative estimate of drug-likeness (QED) is 0.745. The molecule has 1 aliphatic carbocycles. The first-order valence-electron chi connectivity index (χ1n) is 4.83. The standard InChI is InChI=1S/C10H15N3/c1-7-9(5-11)6-12-10(13-7)8-3-2-4-8/h6,8H,2-5,11H2,1H3. The molecule has 2 rings (SSSR count). The molecule has 1 aromatic heterocycles. The minimum atomic E-state index is 0.538. The summed E-state index contributed by atoms with van der Waals surface area (Å²) in [6, 6.07) is 0. The second-order valence-electron chi connectivity index (χ2n) is 3.67. The number of rotatable bonds is 2. The van der Waals surface area contributed by atoms with Crippen LogP contribution in [0.2, 0.25) is 0 Å². The maximum atomic E-state index is 5.54. The van der Waals surface area contributed by atoms with Crippen molar-refractivity contribution < 1.29 is 0 Å². The van der Waals surface area contributed by atoms with E-state index in [0.717, 1.165) is 17.1 Å². The number of aryl methyl sites for hydroxylation is 1. The van der Waals surface area contributed by atoms with Gasteiger partial charge in [-0.2, -0.15) is 0 Å². The lowest BCUT2D eigenvalue weighted by molar-refractivity contribution is 0.400. The molecule has 0 unspecified atom stereocenters. The first kappa shape index (κ1) is 8.63. The molecule has 0 spiro atoms. The largest absolute Gasteiger partial charge is 0.326 e. The topological polar surface area (TPSA) is 51.8 Å². The maximum Gasteiger partial charge on any atom is 0.131 e. The van der Waals surface area contributed by atoms with Crippen molar-refractivity contribution in [1.29, 1.82) is 0 Å². The zero-order chi connectivity index (χ0) is 9.26. The van der Waals surface area contributed by atoms with E-state index in [9.17, 15) is 0 Å². The highest BCUT2D eigenvalue weighted by Crippen LogP contribution is 2.34. The molecule has 0 saturated heterocycles. The van der Waals surface area contributed by atoms with Crippen molar-refractivity contribution in [2.45, 2.75) is 38.6 Å². The van der Waals surface area contributed by atoms with Crippen LogP contribution in [0.15, 0.2) is 6.20 Å². The Balaban J connectivity index is 2.24. The Morgan fingerprint density at radius 3 is 2.77 bits per heavy atom. The van der Waals surface area contributed by atoms with Gasteiger partial charge in [-0.25, -0.2) is 9.97 Å². The minimum Gasteiger partial charge on any atom is -0.326 e. The van der Waals surface area contributed by atoms with E-state index in [0.29, 0.717) is 12.5 Å². The average Bonchev–Trinajstić information content (AvgIpc) is 2.01. The minimum absolute atomic E-state index is 0.538. The Kier molecular flexibility index (Phi) is 2.27. The van der Waals surface area contributed by atoms with Crippen LogP contribution in [-0.4, -0.2) is 9.97 Å². The first-order valence-corrected chi connectivity index (χ1v) is 4.83. The van der Waals surface area contributed by atoms with Crippen LogP contribution in [0.25, 0.3) is 0 Å². The number of aromatic nitrogens is 2. The third-order valence-electron chi connectivity index (χ3n) is 2.79. The number of nitrogens with zero attached hydrogens (tertiary/aromatic N) is 2. The maximum absolute atomic E-state index is 5.54. The van der Waals surface area contributed by atoms with Gasteiger partial charge in [0.1, 0.15) is 5.82 Å². The zero-order valence-corrected chi connectivity index (χ0v) is 7.95. The molecule has 3 heteroatoms. The van der Waals surface area contributed by atoms with E-state index in [1.165, 1.54) is 19.3 Å². The summed E-state index contributed by atoms with van der Waals surface area (Å²) in [7, 11) is 0. The normalized spacial score (nSPS) is 17.1. The Bertz CT molecular complexity index is 305. The second kappa shape index (κ2) is 3.42. The molecule has 0 amide bonds. The van der Waals surface area contributed by atoms with E-state index in [4.69, 9.17) is 5.73 Å². The molecule has 0 aliphatic heterocycles. The fraction of sp³-hybridized carbons (Fsp3) is 0.600. The van der Waals surface area contributed by atoms with E-state index in [-0.39, 0.29) is 0 Å². The van der Waals surface area contributed by atoms with Crippen LogP contribution in [0.5, 0.6) is 0 Å². The van der Waals surface area contributed by atoms with E-state index >= 15 is 0 Å². The van der Waals surface area contributed by atoms with Gasteiger partial charge in [-0.1, -0.05) is 6.42 Å². The molecule has 70 valence electrons. The molecule has 0 atom stereocenters. The van der Waals surface area contributed by atoms with Crippen LogP contribution in [0.1, 0.15) is 42.3 Å². The van der Waals surface area contributed by atoms with Crippen molar-refractivity contribution in [3.05, 3.63) is 23.3 Å². The van der Waals surface area contributed by atoms with E-state index in [1.807, 2.05) is 13.1 Å². The molecular formula is C10H15N3. The first-order chi connectivity index (χ1) is 6.31. The molecule has 1 heterocycles. The van der Waals surface area contributed by atoms with Gasteiger partial charge in [-0.3, -0.25) is 0 Å². The smallest absolute Gasteiger partial charge is 0.131 e. The monoisotopic (exact) mass is 177 g/mol. The Morgan fingerprint density at radius 1 is 1.54 bits per heavy atom. The summed E-state index contributed by atoms with van der Waals surface area (Å²) >= 11 is 0. The second-order valence-corrected chi connectivity index (χ2v) is 3.67. The van der Waals surface area contributed by atoms with E-state index in [2.05, 4.69) is 9.97 Å². The predicted molar refractivity (Wildman–Crippen MR) is 51.3 cm³/mol. The Hall–Kier alpha value is -0.960. The van der Waals surface area contributed by atoms with Crippen molar-refractivity contribution in [3.8, 4) is 0 Å². The predicted octanol–water partition coefficient (Wildman–Crippen LogP) is 1.51. The number of nitrogens with two attached hydrogens (primary N) is 1. The SMILES string of the molecule is Cc1nc(C2CCC2)ncc1CN. The lowest BCUT2D eigenvalue weighted by Crippen LogP contribution is -2.14. The van der Waals surface area contributed by atoms with Gasteiger partial charge < -0.3 is 5.73 Å². The van der Waals surface area contributed by atoms with Gasteiger partial charge in [0.25, 0.3) is 0 Å². The summed E-state index contributed by atoms with van der Waals surface area (Å²) in [6.07, 6.45) is 5.70. The zero-order valence-electron chi connectivity index (χ0n) is 7.95. The third kappa shape index (κ3) is 1.56. The van der Waals surface area contributed by atoms with Crippen molar-refractivity contribution >= 4 is 0 Å². The molecule has 2 N–H and O–H groups in total. The van der Waals surface area contributed by atoms with Crippen LogP contribution in [0, 0.1) is 6.92 Å². The molecule has 0 aromatic carbocycles. The van der Waals surface area contributed by atoms with E-state index in [1.54, 1.807) is 0 Å². The Labute approximate surface area is 78.4 Å². The molecule has 13 heavy (non-hydrogen) atoms. The highest BCUT2D eigenvalue weighted by Gasteiger charge is 2.22. The molecule has 1 saturated carbocycles. The molecule has 0 radical (unpaired) electrons. The Morgan fingerprint density at radius 2 is 2.31 bits per heavy atom. The van der Waals surface area contributed by atoms with Gasteiger partial charge in [0.2, 0.25) is 0 Å². The summed E-state index contributed by atoms with van der Waals surface area (Å²) < 4.78 is 0.